The molecule has 1 unspecified atom stereocenters. The first-order chi connectivity index (χ1) is 9.63. The summed E-state index contributed by atoms with van der Waals surface area (Å²) in [4.78, 5) is 2.30. The number of rotatable bonds is 7. The Kier molecular flexibility index (Phi) is 5.51. The quantitative estimate of drug-likeness (QED) is 0.608. The van der Waals surface area contributed by atoms with Gasteiger partial charge in [0.2, 0.25) is 0 Å². The molecule has 0 N–H and O–H groups in total. The second-order valence-electron chi connectivity index (χ2n) is 6.68. The molecule has 1 aromatic rings. The van der Waals surface area contributed by atoms with Crippen LogP contribution in [-0.4, -0.2) is 14.1 Å². The van der Waals surface area contributed by atoms with Crippen LogP contribution in [0, 0.1) is 0 Å². The molecule has 20 heavy (non-hydrogen) atoms. The summed E-state index contributed by atoms with van der Waals surface area (Å²) in [6, 6.07) is 4.97. The third-order valence-electron chi connectivity index (χ3n) is 4.74. The molecule has 2 rings (SSSR count). The second kappa shape index (κ2) is 7.15. The number of hydrogen-bond donors (Lipinski definition) is 0. The minimum atomic E-state index is 0.690. The topological polar surface area (TPSA) is 3.24 Å². The van der Waals surface area contributed by atoms with Gasteiger partial charge in [0.25, 0.3) is 0 Å². The van der Waals surface area contributed by atoms with Crippen molar-refractivity contribution in [2.24, 2.45) is 0 Å². The van der Waals surface area contributed by atoms with E-state index in [2.05, 4.69) is 45.0 Å². The highest BCUT2D eigenvalue weighted by Crippen LogP contribution is 2.35. The van der Waals surface area contributed by atoms with E-state index < -0.39 is 0 Å². The first kappa shape index (κ1) is 15.4. The van der Waals surface area contributed by atoms with Crippen LogP contribution in [0.5, 0.6) is 0 Å². The van der Waals surface area contributed by atoms with Crippen LogP contribution in [-0.2, 0) is 12.8 Å². The maximum atomic E-state index is 2.52. The fourth-order valence-electron chi connectivity index (χ4n) is 3.44. The third-order valence-corrected chi connectivity index (χ3v) is 4.74. The molecule has 1 aliphatic rings. The first-order valence-corrected chi connectivity index (χ1v) is 8.46. The van der Waals surface area contributed by atoms with Gasteiger partial charge >= 0.3 is 0 Å². The predicted octanol–water partition coefficient (Wildman–Crippen LogP) is 5.32. The summed E-state index contributed by atoms with van der Waals surface area (Å²) in [6.45, 7) is 4.70. The molecule has 1 nitrogen and oxygen atoms in total. The molecule has 0 saturated heterocycles. The van der Waals surface area contributed by atoms with Gasteiger partial charge in [0.05, 0.1) is 0 Å². The summed E-state index contributed by atoms with van der Waals surface area (Å²) < 4.78 is 0. The van der Waals surface area contributed by atoms with Crippen LogP contribution >= 0.6 is 0 Å². The molecule has 0 saturated carbocycles. The Bertz CT molecular complexity index is 434. The Labute approximate surface area is 125 Å². The van der Waals surface area contributed by atoms with E-state index in [0.29, 0.717) is 5.92 Å². The summed E-state index contributed by atoms with van der Waals surface area (Å²) in [7, 11) is 4.37. The van der Waals surface area contributed by atoms with Gasteiger partial charge in [0, 0.05) is 19.8 Å². The molecule has 1 aliphatic carbocycles. The van der Waals surface area contributed by atoms with Gasteiger partial charge in [-0.05, 0) is 54.4 Å². The Morgan fingerprint density at radius 3 is 2.40 bits per heavy atom. The monoisotopic (exact) mass is 273 g/mol. The zero-order chi connectivity index (χ0) is 14.5. The SMILES string of the molecule is CCCCCCC(C)c1cc2c(cc1N(C)C)CCC2. The standard InChI is InChI=1S/C19H31N/c1-5-6-7-8-10-15(2)18-13-16-11-9-12-17(16)14-19(18)20(3)4/h13-15H,5-12H2,1-4H3. The zero-order valence-electron chi connectivity index (χ0n) is 13.8. The van der Waals surface area contributed by atoms with Crippen molar-refractivity contribution in [1.29, 1.82) is 0 Å². The zero-order valence-corrected chi connectivity index (χ0v) is 13.8. The van der Waals surface area contributed by atoms with Crippen molar-refractivity contribution >= 4 is 5.69 Å². The van der Waals surface area contributed by atoms with E-state index in [1.54, 1.807) is 16.7 Å². The minimum Gasteiger partial charge on any atom is -0.377 e. The van der Waals surface area contributed by atoms with Crippen LogP contribution in [0.15, 0.2) is 12.1 Å². The van der Waals surface area contributed by atoms with E-state index >= 15 is 0 Å². The van der Waals surface area contributed by atoms with E-state index in [4.69, 9.17) is 0 Å². The molecule has 112 valence electrons. The van der Waals surface area contributed by atoms with E-state index in [1.807, 2.05) is 0 Å². The van der Waals surface area contributed by atoms with Crippen molar-refractivity contribution in [2.45, 2.75) is 71.1 Å². The Balaban J connectivity index is 2.12. The summed E-state index contributed by atoms with van der Waals surface area (Å²) in [5, 5.41) is 0. The molecule has 0 spiro atoms. The molecule has 1 heteroatoms. The fourth-order valence-corrected chi connectivity index (χ4v) is 3.44. The third kappa shape index (κ3) is 3.56. The van der Waals surface area contributed by atoms with Crippen LogP contribution < -0.4 is 4.90 Å². The largest absolute Gasteiger partial charge is 0.377 e. The van der Waals surface area contributed by atoms with Crippen LogP contribution in [0.1, 0.15) is 75.0 Å². The number of anilines is 1. The van der Waals surface area contributed by atoms with E-state index in [9.17, 15) is 0 Å². The van der Waals surface area contributed by atoms with E-state index in [0.717, 1.165) is 0 Å². The van der Waals surface area contributed by atoms with Crippen molar-refractivity contribution in [1.82, 2.24) is 0 Å². The summed E-state index contributed by atoms with van der Waals surface area (Å²) in [5.74, 6) is 0.690. The molecule has 1 atom stereocenters. The van der Waals surface area contributed by atoms with E-state index in [-0.39, 0.29) is 0 Å². The predicted molar refractivity (Wildman–Crippen MR) is 90.0 cm³/mol. The highest BCUT2D eigenvalue weighted by Gasteiger charge is 2.18. The molecule has 0 aliphatic heterocycles. The Hall–Kier alpha value is -0.980. The van der Waals surface area contributed by atoms with Gasteiger partial charge in [-0.15, -0.1) is 0 Å². The molecule has 0 amide bonds. The lowest BCUT2D eigenvalue weighted by atomic mass is 9.90. The number of benzene rings is 1. The lowest BCUT2D eigenvalue weighted by molar-refractivity contribution is 0.579. The van der Waals surface area contributed by atoms with Crippen molar-refractivity contribution in [3.05, 3.63) is 28.8 Å². The first-order valence-electron chi connectivity index (χ1n) is 8.46. The number of fused-ring (bicyclic) bond motifs is 1. The summed E-state index contributed by atoms with van der Waals surface area (Å²) in [6.07, 6.45) is 10.7. The summed E-state index contributed by atoms with van der Waals surface area (Å²) >= 11 is 0. The fraction of sp³-hybridized carbons (Fsp3) is 0.684. The average Bonchev–Trinajstić information content (AvgIpc) is 2.89. The van der Waals surface area contributed by atoms with Crippen LogP contribution in [0.25, 0.3) is 0 Å². The van der Waals surface area contributed by atoms with Gasteiger partial charge in [0.1, 0.15) is 0 Å². The highest BCUT2D eigenvalue weighted by molar-refractivity contribution is 5.59. The second-order valence-corrected chi connectivity index (χ2v) is 6.68. The van der Waals surface area contributed by atoms with Crippen LogP contribution in [0.2, 0.25) is 0 Å². The molecule has 1 aromatic carbocycles. The van der Waals surface area contributed by atoms with Crippen LogP contribution in [0.3, 0.4) is 0 Å². The van der Waals surface area contributed by atoms with Gasteiger partial charge < -0.3 is 4.90 Å². The highest BCUT2D eigenvalue weighted by atomic mass is 15.1. The number of hydrogen-bond acceptors (Lipinski definition) is 1. The molecular formula is C19H31N. The van der Waals surface area contributed by atoms with Crippen molar-refractivity contribution in [3.8, 4) is 0 Å². The summed E-state index contributed by atoms with van der Waals surface area (Å²) in [5.41, 5.74) is 6.24. The normalized spacial score (nSPS) is 15.2. The molecule has 0 aromatic heterocycles. The van der Waals surface area contributed by atoms with Crippen molar-refractivity contribution in [2.75, 3.05) is 19.0 Å². The van der Waals surface area contributed by atoms with Gasteiger partial charge in [-0.25, -0.2) is 0 Å². The molecule has 0 bridgehead atoms. The van der Waals surface area contributed by atoms with Crippen molar-refractivity contribution in [3.63, 3.8) is 0 Å². The Morgan fingerprint density at radius 1 is 1.05 bits per heavy atom. The lowest BCUT2D eigenvalue weighted by Gasteiger charge is -2.23. The van der Waals surface area contributed by atoms with E-state index in [1.165, 1.54) is 57.1 Å². The van der Waals surface area contributed by atoms with Crippen LogP contribution in [0.4, 0.5) is 5.69 Å². The molecule has 0 heterocycles. The number of nitrogens with zero attached hydrogens (tertiary/aromatic N) is 1. The molecule has 0 radical (unpaired) electrons. The number of unbranched alkanes of at least 4 members (excludes halogenated alkanes) is 3. The minimum absolute atomic E-state index is 0.690. The van der Waals surface area contributed by atoms with Crippen molar-refractivity contribution < 1.29 is 0 Å². The maximum absolute atomic E-state index is 2.52. The average molecular weight is 273 g/mol. The smallest absolute Gasteiger partial charge is 0.0399 e. The van der Waals surface area contributed by atoms with Gasteiger partial charge in [0.15, 0.2) is 0 Å². The van der Waals surface area contributed by atoms with Gasteiger partial charge in [-0.2, -0.15) is 0 Å². The number of aryl methyl sites for hydroxylation is 2. The molecular weight excluding hydrogens is 242 g/mol. The Morgan fingerprint density at radius 2 is 1.75 bits per heavy atom. The van der Waals surface area contributed by atoms with Gasteiger partial charge in [-0.1, -0.05) is 45.6 Å². The lowest BCUT2D eigenvalue weighted by Crippen LogP contribution is -2.13. The maximum Gasteiger partial charge on any atom is 0.0399 e. The molecule has 0 fully saturated rings. The van der Waals surface area contributed by atoms with Gasteiger partial charge in [-0.3, -0.25) is 0 Å².